The third-order valence-corrected chi connectivity index (χ3v) is 7.64. The number of nitrogens with one attached hydrogen (secondary N) is 1. The van der Waals surface area contributed by atoms with Crippen molar-refractivity contribution >= 4 is 17.3 Å². The highest BCUT2D eigenvalue weighted by atomic mass is 16.5. The summed E-state index contributed by atoms with van der Waals surface area (Å²) < 4.78 is 15.6. The van der Waals surface area contributed by atoms with Gasteiger partial charge in [0.15, 0.2) is 0 Å². The molecule has 3 saturated carbocycles. The summed E-state index contributed by atoms with van der Waals surface area (Å²) in [5.41, 5.74) is 7.14. The third-order valence-electron chi connectivity index (χ3n) is 7.64. The highest BCUT2D eigenvalue weighted by Gasteiger charge is 2.33. The molecule has 0 atom stereocenters. The molecule has 3 heterocycles. The summed E-state index contributed by atoms with van der Waals surface area (Å²) >= 11 is 0. The average Bonchev–Trinajstić information content (AvgIpc) is 3.82. The van der Waals surface area contributed by atoms with E-state index in [-0.39, 0.29) is 24.7 Å². The molecule has 3 aromatic heterocycles. The van der Waals surface area contributed by atoms with Gasteiger partial charge in [-0.05, 0) is 77.3 Å². The number of nitrogens with two attached hydrogens (primary N) is 1. The molecule has 11 nitrogen and oxygen atoms in total. The number of ether oxygens (including phenoxy) is 2. The van der Waals surface area contributed by atoms with Crippen LogP contribution < -0.4 is 20.5 Å². The van der Waals surface area contributed by atoms with Gasteiger partial charge in [0.25, 0.3) is 11.8 Å². The topological polar surface area (TPSA) is 146 Å². The van der Waals surface area contributed by atoms with Crippen molar-refractivity contribution in [1.29, 1.82) is 0 Å². The van der Waals surface area contributed by atoms with Crippen LogP contribution in [0, 0.1) is 0 Å². The molecule has 3 aliphatic rings. The standard InChI is InChI=1S/C28H36N6O5/c1-28(2,37)15-38-23-12-11-22-20(13-30-34(22)24(23)16-3-4-16)26(36)31-17-5-9-19(10-6-17)39-27-21(25(29)35)14-33(32-27)18-7-8-18/h11-14,16-19,37H,3-10,15H2,1-2H3,(H2,29,35)(H,31,36). The predicted octanol–water partition coefficient (Wildman–Crippen LogP) is 3.11. The van der Waals surface area contributed by atoms with Crippen LogP contribution in [0.25, 0.3) is 5.52 Å². The molecule has 39 heavy (non-hydrogen) atoms. The van der Waals surface area contributed by atoms with Gasteiger partial charge in [-0.3, -0.25) is 14.3 Å². The van der Waals surface area contributed by atoms with Gasteiger partial charge in [-0.1, -0.05) is 0 Å². The molecule has 3 aliphatic carbocycles. The van der Waals surface area contributed by atoms with Crippen molar-refractivity contribution in [3.05, 3.63) is 41.3 Å². The van der Waals surface area contributed by atoms with Crippen LogP contribution in [0.4, 0.5) is 0 Å². The second-order valence-corrected chi connectivity index (χ2v) is 11.8. The summed E-state index contributed by atoms with van der Waals surface area (Å²) in [6.45, 7) is 3.59. The lowest BCUT2D eigenvalue weighted by molar-refractivity contribution is 0.0279. The number of nitrogens with zero attached hydrogens (tertiary/aromatic N) is 4. The Kier molecular flexibility index (Phi) is 6.49. The maximum atomic E-state index is 13.3. The summed E-state index contributed by atoms with van der Waals surface area (Å²) in [6, 6.07) is 4.08. The molecule has 0 spiro atoms. The molecule has 3 fully saturated rings. The number of hydrogen-bond acceptors (Lipinski definition) is 7. The minimum atomic E-state index is -0.947. The van der Waals surface area contributed by atoms with E-state index < -0.39 is 11.5 Å². The van der Waals surface area contributed by atoms with Gasteiger partial charge in [-0.15, -0.1) is 5.10 Å². The minimum Gasteiger partial charge on any atom is -0.489 e. The first-order valence-corrected chi connectivity index (χ1v) is 13.9. The summed E-state index contributed by atoms with van der Waals surface area (Å²) in [6.07, 6.45) is 10.4. The lowest BCUT2D eigenvalue weighted by Gasteiger charge is -2.29. The Hall–Kier alpha value is -3.60. The number of rotatable bonds is 10. The van der Waals surface area contributed by atoms with E-state index in [1.54, 1.807) is 30.9 Å². The fourth-order valence-electron chi connectivity index (χ4n) is 5.24. The Labute approximate surface area is 226 Å². The largest absolute Gasteiger partial charge is 0.489 e. The molecule has 0 bridgehead atoms. The van der Waals surface area contributed by atoms with Crippen molar-refractivity contribution in [2.75, 3.05) is 6.61 Å². The van der Waals surface area contributed by atoms with Gasteiger partial charge in [0.05, 0.1) is 34.6 Å². The van der Waals surface area contributed by atoms with Crippen LogP contribution in [0.15, 0.2) is 24.5 Å². The van der Waals surface area contributed by atoms with Crippen molar-refractivity contribution < 1.29 is 24.2 Å². The molecule has 0 aliphatic heterocycles. The maximum Gasteiger partial charge on any atom is 0.255 e. The van der Waals surface area contributed by atoms with Crippen LogP contribution in [-0.4, -0.2) is 60.7 Å². The summed E-state index contributed by atoms with van der Waals surface area (Å²) in [4.78, 5) is 25.1. The molecule has 0 saturated heterocycles. The Morgan fingerprint density at radius 2 is 1.85 bits per heavy atom. The Bertz CT molecular complexity index is 1390. The summed E-state index contributed by atoms with van der Waals surface area (Å²) in [5.74, 6) is 0.655. The van der Waals surface area contributed by atoms with Gasteiger partial charge in [-0.25, -0.2) is 4.52 Å². The number of carbonyl (C=O) groups excluding carboxylic acids is 2. The molecule has 4 N–H and O–H groups in total. The molecule has 208 valence electrons. The van der Waals surface area contributed by atoms with Crippen LogP contribution in [-0.2, 0) is 0 Å². The summed E-state index contributed by atoms with van der Waals surface area (Å²) in [7, 11) is 0. The number of aliphatic hydroxyl groups is 1. The van der Waals surface area contributed by atoms with E-state index in [0.717, 1.165) is 62.6 Å². The van der Waals surface area contributed by atoms with Gasteiger partial charge in [0.1, 0.15) is 24.0 Å². The molecular weight excluding hydrogens is 500 g/mol. The number of carbonyl (C=O) groups is 2. The Morgan fingerprint density at radius 1 is 1.10 bits per heavy atom. The predicted molar refractivity (Wildman–Crippen MR) is 142 cm³/mol. The Balaban J connectivity index is 1.09. The highest BCUT2D eigenvalue weighted by Crippen LogP contribution is 2.44. The van der Waals surface area contributed by atoms with Gasteiger partial charge in [0.2, 0.25) is 5.88 Å². The first-order valence-electron chi connectivity index (χ1n) is 13.9. The van der Waals surface area contributed by atoms with Crippen LogP contribution in [0.5, 0.6) is 11.6 Å². The molecule has 11 heteroatoms. The molecule has 0 unspecified atom stereocenters. The number of primary amides is 1. The van der Waals surface area contributed by atoms with Crippen LogP contribution in [0.1, 0.15) is 104 Å². The van der Waals surface area contributed by atoms with Crippen LogP contribution >= 0.6 is 0 Å². The molecule has 0 aromatic carbocycles. The van der Waals surface area contributed by atoms with Crippen LogP contribution in [0.3, 0.4) is 0 Å². The number of pyridine rings is 1. The van der Waals surface area contributed by atoms with E-state index in [9.17, 15) is 14.7 Å². The van der Waals surface area contributed by atoms with E-state index in [1.165, 1.54) is 0 Å². The van der Waals surface area contributed by atoms with E-state index in [4.69, 9.17) is 15.2 Å². The average molecular weight is 537 g/mol. The maximum absolute atomic E-state index is 13.3. The zero-order valence-corrected chi connectivity index (χ0v) is 22.4. The van der Waals surface area contributed by atoms with Gasteiger partial charge >= 0.3 is 0 Å². The van der Waals surface area contributed by atoms with Gasteiger partial charge in [-0.2, -0.15) is 5.10 Å². The SMILES string of the molecule is CC(C)(O)COc1ccc2c(C(=O)NC3CCC(Oc4nn(C5CC5)cc4C(N)=O)CC3)cnn2c1C1CC1. The summed E-state index contributed by atoms with van der Waals surface area (Å²) in [5, 5.41) is 22.3. The van der Waals surface area contributed by atoms with Crippen molar-refractivity contribution in [3.8, 4) is 11.6 Å². The molecule has 2 amide bonds. The van der Waals surface area contributed by atoms with Gasteiger partial charge in [0, 0.05) is 18.2 Å². The zero-order chi connectivity index (χ0) is 27.3. The molecule has 3 aromatic rings. The van der Waals surface area contributed by atoms with E-state index in [1.807, 2.05) is 16.6 Å². The number of amides is 2. The number of aromatic nitrogens is 4. The second kappa shape index (κ2) is 9.86. The molecule has 6 rings (SSSR count). The third kappa shape index (κ3) is 5.59. The number of hydrogen-bond donors (Lipinski definition) is 3. The first-order chi connectivity index (χ1) is 18.7. The van der Waals surface area contributed by atoms with E-state index >= 15 is 0 Å². The van der Waals surface area contributed by atoms with Crippen molar-refractivity contribution in [2.24, 2.45) is 5.73 Å². The van der Waals surface area contributed by atoms with E-state index in [2.05, 4.69) is 15.5 Å². The van der Waals surface area contributed by atoms with E-state index in [0.29, 0.717) is 34.7 Å². The quantitative estimate of drug-likeness (QED) is 0.361. The monoisotopic (exact) mass is 536 g/mol. The fourth-order valence-corrected chi connectivity index (χ4v) is 5.24. The second-order valence-electron chi connectivity index (χ2n) is 11.8. The lowest BCUT2D eigenvalue weighted by atomic mass is 9.92. The Morgan fingerprint density at radius 3 is 2.49 bits per heavy atom. The van der Waals surface area contributed by atoms with Crippen molar-refractivity contribution in [1.82, 2.24) is 24.7 Å². The molecule has 0 radical (unpaired) electrons. The zero-order valence-electron chi connectivity index (χ0n) is 22.4. The minimum absolute atomic E-state index is 0.0178. The number of fused-ring (bicyclic) bond motifs is 1. The normalized spacial score (nSPS) is 21.6. The first kappa shape index (κ1) is 25.7. The lowest BCUT2D eigenvalue weighted by Crippen LogP contribution is -2.39. The van der Waals surface area contributed by atoms with Crippen molar-refractivity contribution in [3.63, 3.8) is 0 Å². The smallest absolute Gasteiger partial charge is 0.255 e. The van der Waals surface area contributed by atoms with Crippen LogP contribution in [0.2, 0.25) is 0 Å². The van der Waals surface area contributed by atoms with Crippen molar-refractivity contribution in [2.45, 2.75) is 94.9 Å². The molecular formula is C28H36N6O5. The van der Waals surface area contributed by atoms with Gasteiger partial charge < -0.3 is 25.6 Å². The fraction of sp³-hybridized carbons (Fsp3) is 0.571. The highest BCUT2D eigenvalue weighted by molar-refractivity contribution is 6.01.